The van der Waals surface area contributed by atoms with E-state index >= 15 is 0 Å². The normalized spacial score (nSPS) is 12.0. The number of nitrogens with one attached hydrogen (secondary N) is 1. The van der Waals surface area contributed by atoms with Crippen molar-refractivity contribution in [2.45, 2.75) is 39.8 Å². The highest BCUT2D eigenvalue weighted by Crippen LogP contribution is 2.26. The molecule has 3 aromatic carbocycles. The molecule has 0 spiro atoms. The highest BCUT2D eigenvalue weighted by Gasteiger charge is 2.33. The van der Waals surface area contributed by atoms with E-state index in [0.717, 1.165) is 27.3 Å². The first kappa shape index (κ1) is 29.2. The largest absolute Gasteiger partial charge is 0.355 e. The number of carbonyl (C=O) groups excluding carboxylic acids is 2. The third-order valence-electron chi connectivity index (χ3n) is 6.20. The van der Waals surface area contributed by atoms with Gasteiger partial charge in [-0.05, 0) is 55.7 Å². The summed E-state index contributed by atoms with van der Waals surface area (Å²) >= 11 is 6.09. The molecule has 0 heterocycles. The van der Waals surface area contributed by atoms with Crippen LogP contribution in [0.5, 0.6) is 0 Å². The first-order valence-electron chi connectivity index (χ1n) is 12.4. The zero-order chi connectivity index (χ0) is 27.9. The molecule has 7 nitrogen and oxygen atoms in total. The monoisotopic (exact) mass is 555 g/mol. The summed E-state index contributed by atoms with van der Waals surface area (Å²) in [5.74, 6) is -0.789. The second-order valence-electron chi connectivity index (χ2n) is 9.31. The molecule has 9 heteroatoms. The lowest BCUT2D eigenvalue weighted by Crippen LogP contribution is -2.53. The van der Waals surface area contributed by atoms with Crippen molar-refractivity contribution in [1.82, 2.24) is 10.2 Å². The van der Waals surface area contributed by atoms with Crippen LogP contribution in [0.3, 0.4) is 0 Å². The Morgan fingerprint density at radius 3 is 2.18 bits per heavy atom. The molecule has 0 aromatic heterocycles. The van der Waals surface area contributed by atoms with Crippen LogP contribution in [0.15, 0.2) is 72.8 Å². The SMILES string of the molecule is CCNC(=O)C(Cc1ccccc1)N(Cc1ccc(C)cc1)C(=O)CN(c1ccc(Cl)cc1C)S(C)(=O)=O. The highest BCUT2D eigenvalue weighted by atomic mass is 35.5. The van der Waals surface area contributed by atoms with Crippen LogP contribution in [-0.4, -0.2) is 50.5 Å². The van der Waals surface area contributed by atoms with Gasteiger partial charge in [-0.2, -0.15) is 0 Å². The van der Waals surface area contributed by atoms with Crippen molar-refractivity contribution in [3.63, 3.8) is 0 Å². The Hall–Kier alpha value is -3.36. The summed E-state index contributed by atoms with van der Waals surface area (Å²) in [6.07, 6.45) is 1.34. The third-order valence-corrected chi connectivity index (χ3v) is 7.56. The van der Waals surface area contributed by atoms with Crippen LogP contribution in [0.25, 0.3) is 0 Å². The van der Waals surface area contributed by atoms with Gasteiger partial charge in [-0.1, -0.05) is 71.8 Å². The molecule has 3 rings (SSSR count). The summed E-state index contributed by atoms with van der Waals surface area (Å²) in [6.45, 7) is 5.61. The molecule has 0 aliphatic rings. The van der Waals surface area contributed by atoms with E-state index < -0.39 is 28.5 Å². The predicted molar refractivity (Wildman–Crippen MR) is 153 cm³/mol. The Morgan fingerprint density at radius 1 is 0.947 bits per heavy atom. The first-order valence-corrected chi connectivity index (χ1v) is 14.6. The van der Waals surface area contributed by atoms with Gasteiger partial charge in [-0.15, -0.1) is 0 Å². The molecule has 0 saturated heterocycles. The van der Waals surface area contributed by atoms with Crippen LogP contribution < -0.4 is 9.62 Å². The topological polar surface area (TPSA) is 86.8 Å². The van der Waals surface area contributed by atoms with Crippen LogP contribution in [0, 0.1) is 13.8 Å². The number of carbonyl (C=O) groups is 2. The van der Waals surface area contributed by atoms with Crippen molar-refractivity contribution in [3.8, 4) is 0 Å². The molecule has 3 aromatic rings. The molecule has 0 aliphatic carbocycles. The maximum absolute atomic E-state index is 14.0. The number of hydrogen-bond donors (Lipinski definition) is 1. The standard InChI is InChI=1S/C29H34ClN3O4S/c1-5-31-29(35)27(18-23-9-7-6-8-10-23)32(19-24-13-11-21(2)12-14-24)28(34)20-33(38(4,36)37)26-16-15-25(30)17-22(26)3/h6-17,27H,5,18-20H2,1-4H3,(H,31,35). The van der Waals surface area contributed by atoms with Crippen molar-refractivity contribution in [2.75, 3.05) is 23.7 Å². The molecule has 0 fully saturated rings. The zero-order valence-corrected chi connectivity index (χ0v) is 23.7. The number of aryl methyl sites for hydroxylation is 2. The first-order chi connectivity index (χ1) is 18.0. The summed E-state index contributed by atoms with van der Waals surface area (Å²) in [4.78, 5) is 28.8. The van der Waals surface area contributed by atoms with E-state index in [1.54, 1.807) is 25.1 Å². The van der Waals surface area contributed by atoms with E-state index in [9.17, 15) is 18.0 Å². The molecule has 0 saturated carbocycles. The van der Waals surface area contributed by atoms with Gasteiger partial charge in [0.05, 0.1) is 11.9 Å². The molecule has 1 unspecified atom stereocenters. The van der Waals surface area contributed by atoms with Crippen molar-refractivity contribution >= 4 is 39.1 Å². The van der Waals surface area contributed by atoms with Crippen molar-refractivity contribution in [2.24, 2.45) is 0 Å². The number of halogens is 1. The summed E-state index contributed by atoms with van der Waals surface area (Å²) in [7, 11) is -3.83. The minimum Gasteiger partial charge on any atom is -0.355 e. The van der Waals surface area contributed by atoms with E-state index in [2.05, 4.69) is 5.32 Å². The second kappa shape index (κ2) is 12.9. The Labute approximate surface area is 230 Å². The van der Waals surface area contributed by atoms with E-state index in [1.807, 2.05) is 68.4 Å². The number of anilines is 1. The molecule has 0 aliphatic heterocycles. The number of rotatable bonds is 11. The van der Waals surface area contributed by atoms with Crippen LogP contribution in [0.4, 0.5) is 5.69 Å². The number of sulfonamides is 1. The molecule has 38 heavy (non-hydrogen) atoms. The number of amides is 2. The maximum Gasteiger partial charge on any atom is 0.244 e. The smallest absolute Gasteiger partial charge is 0.244 e. The molecule has 2 amide bonds. The van der Waals surface area contributed by atoms with E-state index in [0.29, 0.717) is 22.8 Å². The number of benzene rings is 3. The average Bonchev–Trinajstić information content (AvgIpc) is 2.86. The average molecular weight is 556 g/mol. The molecule has 1 N–H and O–H groups in total. The van der Waals surface area contributed by atoms with Crippen molar-refractivity contribution in [3.05, 3.63) is 100 Å². The summed E-state index contributed by atoms with van der Waals surface area (Å²) < 4.78 is 26.8. The fraction of sp³-hybridized carbons (Fsp3) is 0.310. The molecular formula is C29H34ClN3O4S. The quantitative estimate of drug-likeness (QED) is 0.377. The number of hydrogen-bond acceptors (Lipinski definition) is 4. The fourth-order valence-corrected chi connectivity index (χ4v) is 5.36. The van der Waals surface area contributed by atoms with Crippen LogP contribution >= 0.6 is 11.6 Å². The Bertz CT molecular complexity index is 1360. The molecule has 0 bridgehead atoms. The van der Waals surface area contributed by atoms with Gasteiger partial charge in [-0.3, -0.25) is 13.9 Å². The van der Waals surface area contributed by atoms with Crippen LogP contribution in [-0.2, 0) is 32.6 Å². The van der Waals surface area contributed by atoms with Gasteiger partial charge in [0.25, 0.3) is 0 Å². The minimum absolute atomic E-state index is 0.144. The van der Waals surface area contributed by atoms with E-state index in [4.69, 9.17) is 11.6 Å². The molecule has 0 radical (unpaired) electrons. The second-order valence-corrected chi connectivity index (χ2v) is 11.7. The number of nitrogens with zero attached hydrogens (tertiary/aromatic N) is 2. The van der Waals surface area contributed by atoms with Gasteiger partial charge in [0, 0.05) is 24.5 Å². The van der Waals surface area contributed by atoms with Crippen molar-refractivity contribution in [1.29, 1.82) is 0 Å². The zero-order valence-electron chi connectivity index (χ0n) is 22.1. The van der Waals surface area contributed by atoms with E-state index in [-0.39, 0.29) is 18.9 Å². The fourth-order valence-electron chi connectivity index (χ4n) is 4.23. The van der Waals surface area contributed by atoms with Gasteiger partial charge in [0.2, 0.25) is 21.8 Å². The van der Waals surface area contributed by atoms with Gasteiger partial charge < -0.3 is 10.2 Å². The van der Waals surface area contributed by atoms with Gasteiger partial charge in [-0.25, -0.2) is 8.42 Å². The molecule has 1 atom stereocenters. The van der Waals surface area contributed by atoms with Crippen LogP contribution in [0.2, 0.25) is 5.02 Å². The lowest BCUT2D eigenvalue weighted by Gasteiger charge is -2.33. The lowest BCUT2D eigenvalue weighted by atomic mass is 10.0. The lowest BCUT2D eigenvalue weighted by molar-refractivity contribution is -0.140. The Morgan fingerprint density at radius 2 is 1.61 bits per heavy atom. The van der Waals surface area contributed by atoms with Gasteiger partial charge in [0.1, 0.15) is 12.6 Å². The number of likely N-dealkylation sites (N-methyl/N-ethyl adjacent to an activating group) is 1. The van der Waals surface area contributed by atoms with Gasteiger partial charge >= 0.3 is 0 Å². The summed E-state index contributed by atoms with van der Waals surface area (Å²) in [6, 6.07) is 21.1. The Kier molecular flexibility index (Phi) is 9.94. The van der Waals surface area contributed by atoms with Gasteiger partial charge in [0.15, 0.2) is 0 Å². The van der Waals surface area contributed by atoms with Crippen LogP contribution in [0.1, 0.15) is 29.2 Å². The molecular weight excluding hydrogens is 522 g/mol. The van der Waals surface area contributed by atoms with E-state index in [1.165, 1.54) is 4.90 Å². The summed E-state index contributed by atoms with van der Waals surface area (Å²) in [5, 5.41) is 3.31. The predicted octanol–water partition coefficient (Wildman–Crippen LogP) is 4.50. The molecule has 202 valence electrons. The minimum atomic E-state index is -3.83. The Balaban J connectivity index is 2.05. The summed E-state index contributed by atoms with van der Waals surface area (Å²) in [5.41, 5.74) is 3.76. The highest BCUT2D eigenvalue weighted by molar-refractivity contribution is 7.92. The maximum atomic E-state index is 14.0. The third kappa shape index (κ3) is 7.82. The van der Waals surface area contributed by atoms with Crippen molar-refractivity contribution < 1.29 is 18.0 Å².